The molecule has 1 fully saturated rings. The van der Waals surface area contributed by atoms with Crippen LogP contribution in [0.4, 0.5) is 16.2 Å². The highest BCUT2D eigenvalue weighted by molar-refractivity contribution is 6.24. The van der Waals surface area contributed by atoms with Crippen LogP contribution >= 0.6 is 0 Å². The minimum Gasteiger partial charge on any atom is -0.508 e. The Morgan fingerprint density at radius 1 is 0.960 bits per heavy atom. The topological polar surface area (TPSA) is 229 Å². The van der Waals surface area contributed by atoms with Gasteiger partial charge in [-0.2, -0.15) is 0 Å². The number of phenolic OH excluding ortho intramolecular Hbond substituents is 1. The van der Waals surface area contributed by atoms with Gasteiger partial charge in [-0.15, -0.1) is 0 Å². The molecule has 0 saturated heterocycles. The van der Waals surface area contributed by atoms with Gasteiger partial charge in [-0.05, 0) is 43.1 Å². The summed E-state index contributed by atoms with van der Waals surface area (Å²) in [7, 11) is 2.89. The van der Waals surface area contributed by atoms with Crippen LogP contribution in [0.2, 0.25) is 0 Å². The number of fused-ring (bicyclic) bond motifs is 4. The first kappa shape index (κ1) is 34.1. The number of rotatable bonds is 6. The number of primary amides is 1. The Morgan fingerprint density at radius 2 is 1.62 bits per heavy atom. The summed E-state index contributed by atoms with van der Waals surface area (Å²) in [6, 6.07) is 13.5. The van der Waals surface area contributed by atoms with Crippen molar-refractivity contribution in [1.82, 2.24) is 4.90 Å². The predicted octanol–water partition coefficient (Wildman–Crippen LogP) is 3.25. The van der Waals surface area contributed by atoms with Crippen molar-refractivity contribution >= 4 is 57.4 Å². The summed E-state index contributed by atoms with van der Waals surface area (Å²) in [4.78, 5) is 67.8. The largest absolute Gasteiger partial charge is 0.508 e. The van der Waals surface area contributed by atoms with Crippen LogP contribution in [0.5, 0.6) is 5.75 Å². The molecule has 50 heavy (non-hydrogen) atoms. The Morgan fingerprint density at radius 3 is 2.28 bits per heavy atom. The number of nitrogens with one attached hydrogen (secondary N) is 2. The number of hydrogen-bond acceptors (Lipinski definition) is 11. The lowest BCUT2D eigenvalue weighted by atomic mass is 9.54. The van der Waals surface area contributed by atoms with Gasteiger partial charge >= 0.3 is 12.0 Å². The molecule has 1 saturated carbocycles. The van der Waals surface area contributed by atoms with Gasteiger partial charge in [0.1, 0.15) is 28.9 Å². The number of carbonyl (C=O) groups is 5. The van der Waals surface area contributed by atoms with Gasteiger partial charge in [-0.1, -0.05) is 56.3 Å². The smallest absolute Gasteiger partial charge is 0.323 e. The van der Waals surface area contributed by atoms with E-state index < -0.39 is 93.4 Å². The number of nitrogens with zero attached hydrogens (tertiary/aromatic N) is 1. The van der Waals surface area contributed by atoms with Crippen molar-refractivity contribution in [2.75, 3.05) is 24.7 Å². The molecule has 0 aromatic heterocycles. The van der Waals surface area contributed by atoms with Gasteiger partial charge in [0.15, 0.2) is 11.4 Å². The number of anilines is 2. The fourth-order valence-electron chi connectivity index (χ4n) is 7.68. The predicted molar refractivity (Wildman–Crippen MR) is 181 cm³/mol. The second-order valence-corrected chi connectivity index (χ2v) is 12.9. The molecule has 3 aliphatic carbocycles. The van der Waals surface area contributed by atoms with Crippen LogP contribution in [-0.4, -0.2) is 86.6 Å². The Kier molecular flexibility index (Phi) is 8.40. The summed E-state index contributed by atoms with van der Waals surface area (Å²) in [5.74, 6) is -10.9. The Hall–Kier alpha value is -5.73. The highest BCUT2D eigenvalue weighted by Gasteiger charge is 2.69. The van der Waals surface area contributed by atoms with E-state index in [-0.39, 0.29) is 17.7 Å². The zero-order valence-corrected chi connectivity index (χ0v) is 27.6. The number of aliphatic hydroxyl groups excluding tert-OH is 2. The average molecular weight is 685 g/mol. The second kappa shape index (κ2) is 12.3. The van der Waals surface area contributed by atoms with E-state index >= 15 is 0 Å². The third-order valence-corrected chi connectivity index (χ3v) is 9.94. The van der Waals surface area contributed by atoms with E-state index in [9.17, 15) is 44.4 Å². The van der Waals surface area contributed by atoms with Crippen molar-refractivity contribution in [3.63, 3.8) is 0 Å². The van der Waals surface area contributed by atoms with Crippen LogP contribution < -0.4 is 16.4 Å². The number of nitrogens with two attached hydrogens (primary N) is 1. The normalized spacial score (nSPS) is 25.9. The fourth-order valence-corrected chi connectivity index (χ4v) is 7.68. The van der Waals surface area contributed by atoms with Gasteiger partial charge in [0, 0.05) is 23.3 Å². The first-order valence-electron chi connectivity index (χ1n) is 15.9. The molecule has 3 aliphatic rings. The lowest BCUT2D eigenvalue weighted by molar-refractivity contribution is -0.185. The molecule has 8 N–H and O–H groups in total. The summed E-state index contributed by atoms with van der Waals surface area (Å²) in [5, 5.41) is 53.7. The van der Waals surface area contributed by atoms with Gasteiger partial charge < -0.3 is 41.5 Å². The number of Topliss-reactive ketones (excluding diaryl/α,β-unsaturated/α-hetero) is 2. The van der Waals surface area contributed by atoms with Crippen LogP contribution in [0.3, 0.4) is 0 Å². The van der Waals surface area contributed by atoms with E-state index in [4.69, 9.17) is 10.5 Å². The number of aromatic hydroxyl groups is 1. The third kappa shape index (κ3) is 4.98. The van der Waals surface area contributed by atoms with Crippen LogP contribution in [0.1, 0.15) is 37.3 Å². The number of carbonyl (C=O) groups excluding carboxylic acids is 5. The SMILES string of the molecule is CCC(=O)O[C@@H]1[C@@H]2C(=C(O)c3c(ccc(NC(=O)Nc4cccc5ccccc45)c3O)[C@H]2C)C(=O)[C@@]2(O)C(O)=C(C(N)=O)C(=O)[C@H](N(C)C)[C@@H]12. The van der Waals surface area contributed by atoms with Crippen molar-refractivity contribution in [2.24, 2.45) is 17.6 Å². The van der Waals surface area contributed by atoms with E-state index in [1.165, 1.54) is 38.1 Å². The maximum absolute atomic E-state index is 14.5. The minimum absolute atomic E-state index is 0.135. The molecule has 3 aromatic rings. The molecule has 0 radical (unpaired) electrons. The summed E-state index contributed by atoms with van der Waals surface area (Å²) in [5.41, 5.74) is 1.24. The molecular weight excluding hydrogens is 648 g/mol. The van der Waals surface area contributed by atoms with Crippen molar-refractivity contribution in [2.45, 2.75) is 43.9 Å². The zero-order valence-electron chi connectivity index (χ0n) is 27.6. The number of hydrogen-bond donors (Lipinski definition) is 7. The first-order valence-corrected chi connectivity index (χ1v) is 15.9. The fraction of sp³-hybridized carbons (Fsp3) is 0.306. The van der Waals surface area contributed by atoms with Crippen LogP contribution in [0, 0.1) is 11.8 Å². The van der Waals surface area contributed by atoms with E-state index in [2.05, 4.69) is 10.6 Å². The average Bonchev–Trinajstić information content (AvgIpc) is 3.06. The molecule has 260 valence electrons. The van der Waals surface area contributed by atoms with E-state index in [1.807, 2.05) is 30.3 Å². The lowest BCUT2D eigenvalue weighted by Gasteiger charge is -2.54. The molecular formula is C36H36N4O10. The number of aliphatic hydroxyl groups is 3. The monoisotopic (exact) mass is 684 g/mol. The van der Waals surface area contributed by atoms with Crippen LogP contribution in [0.15, 0.2) is 71.5 Å². The Balaban J connectivity index is 1.48. The van der Waals surface area contributed by atoms with Gasteiger partial charge in [0.25, 0.3) is 5.91 Å². The van der Waals surface area contributed by atoms with Gasteiger partial charge in [0.05, 0.1) is 28.9 Å². The molecule has 3 aromatic carbocycles. The molecule has 0 unspecified atom stereocenters. The van der Waals surface area contributed by atoms with Crippen molar-refractivity contribution in [3.05, 3.63) is 82.6 Å². The molecule has 6 rings (SSSR count). The van der Waals surface area contributed by atoms with Crippen LogP contribution in [0.25, 0.3) is 16.5 Å². The van der Waals surface area contributed by atoms with Gasteiger partial charge in [-0.25, -0.2) is 4.79 Å². The number of ketones is 2. The Labute approximate surface area is 285 Å². The molecule has 14 nitrogen and oxygen atoms in total. The number of esters is 1. The molecule has 0 bridgehead atoms. The molecule has 0 aliphatic heterocycles. The maximum Gasteiger partial charge on any atom is 0.323 e. The molecule has 0 heterocycles. The molecule has 14 heteroatoms. The van der Waals surface area contributed by atoms with Gasteiger partial charge in [-0.3, -0.25) is 24.1 Å². The van der Waals surface area contributed by atoms with E-state index in [0.717, 1.165) is 10.8 Å². The maximum atomic E-state index is 14.5. The number of ether oxygens (including phenoxy) is 1. The standard InChI is InChI=1S/C36H36N4O10/c1-5-21(41)50-31-22-15(2)17-13-14-20(39-35(48)38-19-12-8-10-16-9-6-7-11-18(16)19)28(42)23(17)29(43)24(22)32(45)36(49)26(31)27(40(3)4)30(44)25(33(36)46)34(37)47/h6-15,22,26-27,31,42-43,46,49H,5H2,1-4H3,(H2,37,47)(H2,38,39,48)/t15-,22+,26+,27-,31-,36-/m1/s1. The summed E-state index contributed by atoms with van der Waals surface area (Å²) in [6.45, 7) is 3.15. The Bertz CT molecular complexity index is 2070. The van der Waals surface area contributed by atoms with Crippen LogP contribution in [-0.2, 0) is 23.9 Å². The molecule has 3 amide bonds. The second-order valence-electron chi connectivity index (χ2n) is 12.9. The molecule has 6 atom stereocenters. The highest BCUT2D eigenvalue weighted by atomic mass is 16.5. The number of benzene rings is 3. The van der Waals surface area contributed by atoms with E-state index in [1.54, 1.807) is 19.1 Å². The quantitative estimate of drug-likeness (QED) is 0.113. The summed E-state index contributed by atoms with van der Waals surface area (Å²) < 4.78 is 5.84. The van der Waals surface area contributed by atoms with Gasteiger partial charge in [0.2, 0.25) is 5.78 Å². The number of likely N-dealkylation sites (N-methyl/N-ethyl adjacent to an activating group) is 1. The zero-order chi connectivity index (χ0) is 36.4. The first-order chi connectivity index (χ1) is 23.6. The van der Waals surface area contributed by atoms with Crippen molar-refractivity contribution < 1.29 is 49.1 Å². The number of phenols is 1. The minimum atomic E-state index is -3.06. The number of amides is 3. The van der Waals surface area contributed by atoms with Crippen molar-refractivity contribution in [3.8, 4) is 5.75 Å². The van der Waals surface area contributed by atoms with E-state index in [0.29, 0.717) is 11.3 Å². The highest BCUT2D eigenvalue weighted by Crippen LogP contribution is 2.57. The third-order valence-electron chi connectivity index (χ3n) is 9.94. The summed E-state index contributed by atoms with van der Waals surface area (Å²) >= 11 is 0. The summed E-state index contributed by atoms with van der Waals surface area (Å²) in [6.07, 6.45) is -1.64. The number of urea groups is 1. The van der Waals surface area contributed by atoms with Crippen molar-refractivity contribution in [1.29, 1.82) is 0 Å². The lowest BCUT2D eigenvalue weighted by Crippen LogP contribution is -2.71. The molecule has 0 spiro atoms.